The van der Waals surface area contributed by atoms with Crippen LogP contribution in [0.1, 0.15) is 53.6 Å². The second kappa shape index (κ2) is 10.6. The molecule has 3 rings (SSSR count). The zero-order valence-corrected chi connectivity index (χ0v) is 17.2. The van der Waals surface area contributed by atoms with E-state index in [0.29, 0.717) is 26.0 Å². The molecule has 0 atom stereocenters. The van der Waals surface area contributed by atoms with Crippen LogP contribution in [0.25, 0.3) is 0 Å². The minimum Gasteiger partial charge on any atom is -0.494 e. The maximum Gasteiger partial charge on any atom is 0.253 e. The van der Waals surface area contributed by atoms with Crippen molar-refractivity contribution < 1.29 is 14.3 Å². The van der Waals surface area contributed by atoms with Crippen LogP contribution in [0, 0.1) is 6.92 Å². The first-order valence-corrected chi connectivity index (χ1v) is 10.5. The van der Waals surface area contributed by atoms with Crippen LogP contribution in [0.3, 0.4) is 0 Å². The number of likely N-dealkylation sites (tertiary alicyclic amines) is 1. The highest BCUT2D eigenvalue weighted by Gasteiger charge is 2.17. The van der Waals surface area contributed by atoms with Crippen molar-refractivity contribution in [1.82, 2.24) is 10.2 Å². The molecule has 0 spiro atoms. The van der Waals surface area contributed by atoms with E-state index in [1.165, 1.54) is 12.0 Å². The first-order chi connectivity index (χ1) is 14.1. The monoisotopic (exact) mass is 394 g/mol. The molecule has 0 saturated carbocycles. The van der Waals surface area contributed by atoms with E-state index in [9.17, 15) is 9.59 Å². The molecule has 0 unspecified atom stereocenters. The summed E-state index contributed by atoms with van der Waals surface area (Å²) in [6, 6.07) is 15.4. The van der Waals surface area contributed by atoms with Gasteiger partial charge >= 0.3 is 0 Å². The van der Waals surface area contributed by atoms with Crippen molar-refractivity contribution in [3.63, 3.8) is 0 Å². The van der Waals surface area contributed by atoms with Gasteiger partial charge in [0, 0.05) is 31.6 Å². The summed E-state index contributed by atoms with van der Waals surface area (Å²) in [6.45, 7) is 4.72. The van der Waals surface area contributed by atoms with E-state index in [1.54, 1.807) is 0 Å². The molecule has 154 valence electrons. The molecule has 1 fully saturated rings. The summed E-state index contributed by atoms with van der Waals surface area (Å²) < 4.78 is 5.64. The average Bonchev–Trinajstić information content (AvgIpc) is 2.77. The lowest BCUT2D eigenvalue weighted by molar-refractivity contribution is -0.121. The van der Waals surface area contributed by atoms with Crippen molar-refractivity contribution >= 4 is 11.8 Å². The Balaban J connectivity index is 1.35. The maximum absolute atomic E-state index is 12.5. The number of aryl methyl sites for hydroxylation is 1. The molecule has 0 radical (unpaired) electrons. The number of hydrogen-bond acceptors (Lipinski definition) is 3. The van der Waals surface area contributed by atoms with Gasteiger partial charge in [-0.3, -0.25) is 9.59 Å². The molecule has 0 bridgehead atoms. The minimum atomic E-state index is 0.00553. The quantitative estimate of drug-likeness (QED) is 0.686. The molecular weight excluding hydrogens is 364 g/mol. The third kappa shape index (κ3) is 6.63. The van der Waals surface area contributed by atoms with Crippen molar-refractivity contribution in [1.29, 1.82) is 0 Å². The highest BCUT2D eigenvalue weighted by molar-refractivity contribution is 5.94. The molecule has 1 heterocycles. The van der Waals surface area contributed by atoms with E-state index < -0.39 is 0 Å². The van der Waals surface area contributed by atoms with Crippen LogP contribution >= 0.6 is 0 Å². The lowest BCUT2D eigenvalue weighted by atomic mass is 10.1. The summed E-state index contributed by atoms with van der Waals surface area (Å²) in [4.78, 5) is 26.4. The number of nitrogens with one attached hydrogen (secondary N) is 1. The van der Waals surface area contributed by atoms with Gasteiger partial charge in [0.05, 0.1) is 6.61 Å². The van der Waals surface area contributed by atoms with E-state index in [0.717, 1.165) is 42.8 Å². The average molecular weight is 395 g/mol. The van der Waals surface area contributed by atoms with Crippen molar-refractivity contribution in [3.8, 4) is 5.75 Å². The Hall–Kier alpha value is -2.82. The van der Waals surface area contributed by atoms with Gasteiger partial charge in [0.1, 0.15) is 5.75 Å². The number of piperidine rings is 1. The molecule has 29 heavy (non-hydrogen) atoms. The van der Waals surface area contributed by atoms with E-state index in [2.05, 4.69) is 5.32 Å². The number of ether oxygens (including phenoxy) is 1. The van der Waals surface area contributed by atoms with Crippen molar-refractivity contribution in [2.24, 2.45) is 0 Å². The number of amides is 2. The number of carbonyl (C=O) groups excluding carboxylic acids is 2. The van der Waals surface area contributed by atoms with Gasteiger partial charge in [0.25, 0.3) is 5.91 Å². The molecule has 2 aromatic rings. The summed E-state index contributed by atoms with van der Waals surface area (Å²) in [5, 5.41) is 2.93. The number of nitrogens with zero attached hydrogens (tertiary/aromatic N) is 1. The van der Waals surface area contributed by atoms with Gasteiger partial charge in [-0.15, -0.1) is 0 Å². The molecule has 1 aliphatic rings. The topological polar surface area (TPSA) is 58.6 Å². The number of benzene rings is 2. The fourth-order valence-electron chi connectivity index (χ4n) is 3.39. The Morgan fingerprint density at radius 1 is 0.966 bits per heavy atom. The Morgan fingerprint density at radius 2 is 1.66 bits per heavy atom. The molecule has 1 aliphatic heterocycles. The third-order valence-corrected chi connectivity index (χ3v) is 5.17. The molecule has 2 aromatic carbocycles. The van der Waals surface area contributed by atoms with Gasteiger partial charge in [-0.2, -0.15) is 0 Å². The predicted octanol–water partition coefficient (Wildman–Crippen LogP) is 4.10. The van der Waals surface area contributed by atoms with Gasteiger partial charge < -0.3 is 15.0 Å². The van der Waals surface area contributed by atoms with Crippen LogP contribution in [0.2, 0.25) is 0 Å². The van der Waals surface area contributed by atoms with E-state index in [4.69, 9.17) is 4.74 Å². The summed E-state index contributed by atoms with van der Waals surface area (Å²) in [5.74, 6) is 0.940. The standard InChI is InChI=1S/C24H30N2O3/c1-19-7-13-22(14-8-19)29-17-5-6-23(27)25-18-20-9-11-21(12-10-20)24(28)26-15-3-2-4-16-26/h7-14H,2-6,15-18H2,1H3,(H,25,27). The Bertz CT molecular complexity index is 794. The first-order valence-electron chi connectivity index (χ1n) is 10.5. The summed E-state index contributed by atoms with van der Waals surface area (Å²) in [6.07, 6.45) is 4.48. The van der Waals surface area contributed by atoms with Crippen molar-refractivity contribution in [2.75, 3.05) is 19.7 Å². The highest BCUT2D eigenvalue weighted by atomic mass is 16.5. The van der Waals surface area contributed by atoms with Crippen LogP contribution in [0.5, 0.6) is 5.75 Å². The molecule has 1 saturated heterocycles. The Morgan fingerprint density at radius 3 is 2.34 bits per heavy atom. The third-order valence-electron chi connectivity index (χ3n) is 5.17. The van der Waals surface area contributed by atoms with Crippen LogP contribution in [0.4, 0.5) is 0 Å². The lowest BCUT2D eigenvalue weighted by Crippen LogP contribution is -2.35. The Kier molecular flexibility index (Phi) is 7.68. The second-order valence-electron chi connectivity index (χ2n) is 7.59. The molecule has 0 aromatic heterocycles. The van der Waals surface area contributed by atoms with Gasteiger partial charge in [-0.25, -0.2) is 0 Å². The van der Waals surface area contributed by atoms with E-state index in [-0.39, 0.29) is 11.8 Å². The molecule has 5 heteroatoms. The molecule has 0 aliphatic carbocycles. The smallest absolute Gasteiger partial charge is 0.253 e. The zero-order valence-electron chi connectivity index (χ0n) is 17.2. The van der Waals surface area contributed by atoms with Crippen molar-refractivity contribution in [3.05, 3.63) is 65.2 Å². The number of rotatable bonds is 8. The van der Waals surface area contributed by atoms with Gasteiger partial charge in [0.2, 0.25) is 5.91 Å². The molecule has 5 nitrogen and oxygen atoms in total. The largest absolute Gasteiger partial charge is 0.494 e. The van der Waals surface area contributed by atoms with Crippen LogP contribution in [-0.4, -0.2) is 36.4 Å². The number of hydrogen-bond donors (Lipinski definition) is 1. The van der Waals surface area contributed by atoms with Crippen LogP contribution < -0.4 is 10.1 Å². The normalized spacial score (nSPS) is 13.8. The van der Waals surface area contributed by atoms with Gasteiger partial charge in [-0.05, 0) is 62.4 Å². The SMILES string of the molecule is Cc1ccc(OCCCC(=O)NCc2ccc(C(=O)N3CCCCC3)cc2)cc1. The first kappa shape index (κ1) is 20.9. The van der Waals surface area contributed by atoms with Gasteiger partial charge in [-0.1, -0.05) is 29.8 Å². The van der Waals surface area contributed by atoms with Crippen LogP contribution in [0.15, 0.2) is 48.5 Å². The van der Waals surface area contributed by atoms with E-state index >= 15 is 0 Å². The van der Waals surface area contributed by atoms with Crippen LogP contribution in [-0.2, 0) is 11.3 Å². The zero-order chi connectivity index (χ0) is 20.5. The summed E-state index contributed by atoms with van der Waals surface area (Å²) in [7, 11) is 0. The molecular formula is C24H30N2O3. The van der Waals surface area contributed by atoms with Gasteiger partial charge in [0.15, 0.2) is 0 Å². The fraction of sp³-hybridized carbons (Fsp3) is 0.417. The fourth-order valence-corrected chi connectivity index (χ4v) is 3.39. The van der Waals surface area contributed by atoms with E-state index in [1.807, 2.05) is 60.4 Å². The number of carbonyl (C=O) groups is 2. The minimum absolute atomic E-state index is 0.00553. The Labute approximate surface area is 173 Å². The molecule has 1 N–H and O–H groups in total. The lowest BCUT2D eigenvalue weighted by Gasteiger charge is -2.26. The predicted molar refractivity (Wildman–Crippen MR) is 114 cm³/mol. The summed E-state index contributed by atoms with van der Waals surface area (Å²) in [5.41, 5.74) is 2.90. The van der Waals surface area contributed by atoms with Crippen molar-refractivity contribution in [2.45, 2.75) is 45.6 Å². The molecule has 2 amide bonds. The highest BCUT2D eigenvalue weighted by Crippen LogP contribution is 2.14. The maximum atomic E-state index is 12.5. The second-order valence-corrected chi connectivity index (χ2v) is 7.59. The summed E-state index contributed by atoms with van der Waals surface area (Å²) >= 11 is 0.